The molecule has 0 radical (unpaired) electrons. The Morgan fingerprint density at radius 1 is 1.47 bits per heavy atom. The molecule has 0 aliphatic rings. The van der Waals surface area contributed by atoms with Crippen LogP contribution in [0, 0.1) is 6.92 Å². The molecule has 1 aromatic rings. The van der Waals surface area contributed by atoms with E-state index >= 15 is 0 Å². The van der Waals surface area contributed by atoms with Gasteiger partial charge in [0.05, 0.1) is 5.60 Å². The lowest BCUT2D eigenvalue weighted by Crippen LogP contribution is -2.39. The topological polar surface area (TPSA) is 32.3 Å². The van der Waals surface area contributed by atoms with Crippen LogP contribution < -0.4 is 5.32 Å². The number of halogens is 1. The Hall–Kier alpha value is -0.0300. The molecule has 2 N–H and O–H groups in total. The summed E-state index contributed by atoms with van der Waals surface area (Å²) in [7, 11) is 0. The molecule has 96 valence electrons. The molecule has 4 heteroatoms. The van der Waals surface area contributed by atoms with Gasteiger partial charge in [-0.2, -0.15) is 11.8 Å². The quantitative estimate of drug-likeness (QED) is 0.846. The van der Waals surface area contributed by atoms with E-state index in [1.165, 1.54) is 11.1 Å². The Morgan fingerprint density at radius 2 is 2.18 bits per heavy atom. The van der Waals surface area contributed by atoms with Crippen LogP contribution >= 0.6 is 27.7 Å². The highest BCUT2D eigenvalue weighted by Gasteiger charge is 2.18. The number of nitrogens with one attached hydrogen (secondary N) is 1. The van der Waals surface area contributed by atoms with Crippen LogP contribution in [-0.2, 0) is 6.54 Å². The molecule has 1 rings (SSSR count). The molecule has 2 nitrogen and oxygen atoms in total. The summed E-state index contributed by atoms with van der Waals surface area (Å²) in [6.07, 6.45) is 2.01. The highest BCUT2D eigenvalue weighted by Crippen LogP contribution is 2.16. The second-order valence-corrected chi connectivity index (χ2v) is 6.39. The first-order valence-corrected chi connectivity index (χ1v) is 7.80. The van der Waals surface area contributed by atoms with Crippen molar-refractivity contribution in [1.29, 1.82) is 0 Å². The van der Waals surface area contributed by atoms with E-state index in [1.807, 2.05) is 19.2 Å². The van der Waals surface area contributed by atoms with Crippen molar-refractivity contribution in [2.75, 3.05) is 18.6 Å². The van der Waals surface area contributed by atoms with Gasteiger partial charge in [0.15, 0.2) is 0 Å². The predicted molar refractivity (Wildman–Crippen MR) is 79.6 cm³/mol. The predicted octanol–water partition coefficient (Wildman–Crippen LogP) is 2.96. The van der Waals surface area contributed by atoms with E-state index < -0.39 is 5.60 Å². The normalized spacial score (nSPS) is 14.6. The monoisotopic (exact) mass is 317 g/mol. The van der Waals surface area contributed by atoms with Crippen molar-refractivity contribution in [1.82, 2.24) is 5.32 Å². The summed E-state index contributed by atoms with van der Waals surface area (Å²) < 4.78 is 1.10. The number of benzene rings is 1. The highest BCUT2D eigenvalue weighted by molar-refractivity contribution is 9.10. The molecule has 0 heterocycles. The Morgan fingerprint density at radius 3 is 2.76 bits per heavy atom. The molecule has 0 saturated heterocycles. The van der Waals surface area contributed by atoms with Gasteiger partial charge in [-0.1, -0.05) is 22.0 Å². The second-order valence-electron chi connectivity index (χ2n) is 4.60. The van der Waals surface area contributed by atoms with Gasteiger partial charge in [-0.3, -0.25) is 0 Å². The largest absolute Gasteiger partial charge is 0.388 e. The lowest BCUT2D eigenvalue weighted by Gasteiger charge is -2.22. The average molecular weight is 318 g/mol. The number of aryl methyl sites for hydroxylation is 1. The Kier molecular flexibility index (Phi) is 6.00. The van der Waals surface area contributed by atoms with Gasteiger partial charge < -0.3 is 10.4 Å². The third-order valence-electron chi connectivity index (χ3n) is 2.58. The Bertz CT molecular complexity index is 368. The van der Waals surface area contributed by atoms with Crippen LogP contribution in [0.1, 0.15) is 18.1 Å². The summed E-state index contributed by atoms with van der Waals surface area (Å²) in [5.41, 5.74) is 1.90. The number of hydrogen-bond acceptors (Lipinski definition) is 3. The van der Waals surface area contributed by atoms with E-state index in [0.29, 0.717) is 6.54 Å². The van der Waals surface area contributed by atoms with Gasteiger partial charge in [0.1, 0.15) is 0 Å². The third kappa shape index (κ3) is 5.42. The van der Waals surface area contributed by atoms with E-state index in [-0.39, 0.29) is 0 Å². The van der Waals surface area contributed by atoms with E-state index in [1.54, 1.807) is 11.8 Å². The van der Waals surface area contributed by atoms with Crippen LogP contribution in [0.5, 0.6) is 0 Å². The van der Waals surface area contributed by atoms with E-state index in [9.17, 15) is 5.11 Å². The molecule has 0 amide bonds. The van der Waals surface area contributed by atoms with Crippen molar-refractivity contribution in [3.05, 3.63) is 33.8 Å². The summed E-state index contributed by atoms with van der Waals surface area (Å²) in [5, 5.41) is 13.3. The van der Waals surface area contributed by atoms with Crippen LogP contribution in [0.4, 0.5) is 0 Å². The van der Waals surface area contributed by atoms with Crippen molar-refractivity contribution < 1.29 is 5.11 Å². The minimum Gasteiger partial charge on any atom is -0.388 e. The van der Waals surface area contributed by atoms with Crippen molar-refractivity contribution in [3.8, 4) is 0 Å². The molecule has 0 saturated carbocycles. The minimum atomic E-state index is -0.636. The number of rotatable bonds is 6. The number of aliphatic hydroxyl groups is 1. The molecule has 0 aliphatic heterocycles. The summed E-state index contributed by atoms with van der Waals surface area (Å²) >= 11 is 5.12. The maximum atomic E-state index is 10.0. The van der Waals surface area contributed by atoms with Gasteiger partial charge in [0, 0.05) is 23.3 Å². The molecule has 0 aliphatic carbocycles. The van der Waals surface area contributed by atoms with Crippen LogP contribution in [0.2, 0.25) is 0 Å². The number of thioether (sulfide) groups is 1. The fraction of sp³-hybridized carbons (Fsp3) is 0.538. The molecule has 0 aromatic heterocycles. The average Bonchev–Trinajstić information content (AvgIpc) is 2.21. The zero-order chi connectivity index (χ0) is 12.9. The fourth-order valence-electron chi connectivity index (χ4n) is 1.69. The summed E-state index contributed by atoms with van der Waals surface area (Å²) in [4.78, 5) is 0. The van der Waals surface area contributed by atoms with Gasteiger partial charge in [-0.25, -0.2) is 0 Å². The number of hydrogen-bond donors (Lipinski definition) is 2. The first-order valence-electron chi connectivity index (χ1n) is 5.62. The molecule has 0 bridgehead atoms. The van der Waals surface area contributed by atoms with Crippen molar-refractivity contribution in [3.63, 3.8) is 0 Å². The zero-order valence-corrected chi connectivity index (χ0v) is 13.0. The SMILES string of the molecule is CSCC(C)(O)CNCc1ccc(Br)cc1C. The smallest absolute Gasteiger partial charge is 0.0833 e. The molecule has 1 atom stereocenters. The van der Waals surface area contributed by atoms with Gasteiger partial charge in [-0.05, 0) is 43.4 Å². The van der Waals surface area contributed by atoms with E-state index in [0.717, 1.165) is 16.8 Å². The summed E-state index contributed by atoms with van der Waals surface area (Å²) in [5.74, 6) is 0.749. The summed E-state index contributed by atoms with van der Waals surface area (Å²) in [6.45, 7) is 5.37. The van der Waals surface area contributed by atoms with Gasteiger partial charge in [0.2, 0.25) is 0 Å². The lowest BCUT2D eigenvalue weighted by molar-refractivity contribution is 0.0846. The van der Waals surface area contributed by atoms with Gasteiger partial charge in [0.25, 0.3) is 0 Å². The lowest BCUT2D eigenvalue weighted by atomic mass is 10.1. The molecule has 0 spiro atoms. The van der Waals surface area contributed by atoms with Gasteiger partial charge in [-0.15, -0.1) is 0 Å². The summed E-state index contributed by atoms with van der Waals surface area (Å²) in [6, 6.07) is 6.26. The Balaban J connectivity index is 2.46. The van der Waals surface area contributed by atoms with Gasteiger partial charge >= 0.3 is 0 Å². The Labute approximate surface area is 116 Å². The molecule has 0 fully saturated rings. The second kappa shape index (κ2) is 6.78. The van der Waals surface area contributed by atoms with Crippen molar-refractivity contribution in [2.24, 2.45) is 0 Å². The maximum Gasteiger partial charge on any atom is 0.0833 e. The van der Waals surface area contributed by atoms with Crippen molar-refractivity contribution in [2.45, 2.75) is 26.0 Å². The minimum absolute atomic E-state index is 0.614. The fourth-order valence-corrected chi connectivity index (χ4v) is 2.89. The van der Waals surface area contributed by atoms with E-state index in [4.69, 9.17) is 0 Å². The highest BCUT2D eigenvalue weighted by atomic mass is 79.9. The van der Waals surface area contributed by atoms with Crippen LogP contribution in [0.3, 0.4) is 0 Å². The van der Waals surface area contributed by atoms with Crippen LogP contribution in [0.15, 0.2) is 22.7 Å². The molecule has 1 unspecified atom stereocenters. The first-order chi connectivity index (χ1) is 7.94. The maximum absolute atomic E-state index is 10.0. The molecular weight excluding hydrogens is 298 g/mol. The molecular formula is C13H20BrNOS. The van der Waals surface area contributed by atoms with Crippen LogP contribution in [-0.4, -0.2) is 29.3 Å². The standard InChI is InChI=1S/C13H20BrNOS/c1-10-6-12(14)5-4-11(10)7-15-8-13(2,16)9-17-3/h4-6,15-16H,7-9H2,1-3H3. The molecule has 1 aromatic carbocycles. The molecule has 17 heavy (non-hydrogen) atoms. The van der Waals surface area contributed by atoms with E-state index in [2.05, 4.69) is 40.3 Å². The first kappa shape index (κ1) is 15.0. The van der Waals surface area contributed by atoms with Crippen molar-refractivity contribution >= 4 is 27.7 Å². The van der Waals surface area contributed by atoms with Crippen LogP contribution in [0.25, 0.3) is 0 Å². The zero-order valence-electron chi connectivity index (χ0n) is 10.6. The third-order valence-corrected chi connectivity index (χ3v) is 3.99.